The van der Waals surface area contributed by atoms with Crippen LogP contribution in [-0.2, 0) is 4.79 Å². The van der Waals surface area contributed by atoms with Crippen molar-refractivity contribution in [1.29, 1.82) is 0 Å². The first-order valence-corrected chi connectivity index (χ1v) is 5.78. The molecule has 88 valence electrons. The second-order valence-corrected chi connectivity index (χ2v) is 4.67. The summed E-state index contributed by atoms with van der Waals surface area (Å²) in [6.45, 7) is 5.12. The molecule has 0 bridgehead atoms. The molecular formula is C11H22N2O2. The van der Waals surface area contributed by atoms with Crippen LogP contribution in [0.5, 0.6) is 0 Å². The smallest absolute Gasteiger partial charge is 0.237 e. The van der Waals surface area contributed by atoms with E-state index >= 15 is 0 Å². The number of hydrogen-bond donors (Lipinski definition) is 3. The summed E-state index contributed by atoms with van der Waals surface area (Å²) in [6, 6.07) is -0.147. The van der Waals surface area contributed by atoms with Gasteiger partial charge in [0, 0.05) is 0 Å². The Morgan fingerprint density at radius 1 is 1.60 bits per heavy atom. The molecule has 1 fully saturated rings. The van der Waals surface area contributed by atoms with Gasteiger partial charge in [0.05, 0.1) is 18.7 Å². The van der Waals surface area contributed by atoms with Crippen LogP contribution >= 0.6 is 0 Å². The lowest BCUT2D eigenvalue weighted by molar-refractivity contribution is -0.123. The molecule has 1 amide bonds. The van der Waals surface area contributed by atoms with Gasteiger partial charge < -0.3 is 15.7 Å². The van der Waals surface area contributed by atoms with Crippen molar-refractivity contribution in [3.63, 3.8) is 0 Å². The van der Waals surface area contributed by atoms with Gasteiger partial charge in [0.15, 0.2) is 0 Å². The van der Waals surface area contributed by atoms with Crippen molar-refractivity contribution < 1.29 is 9.90 Å². The van der Waals surface area contributed by atoms with Crippen LogP contribution in [0.2, 0.25) is 0 Å². The van der Waals surface area contributed by atoms with Crippen molar-refractivity contribution in [1.82, 2.24) is 10.6 Å². The average Bonchev–Trinajstić information content (AvgIpc) is 2.68. The maximum atomic E-state index is 11.7. The molecule has 0 aliphatic carbocycles. The molecule has 1 heterocycles. The van der Waals surface area contributed by atoms with Gasteiger partial charge in [-0.3, -0.25) is 4.79 Å². The van der Waals surface area contributed by atoms with Crippen LogP contribution in [-0.4, -0.2) is 36.2 Å². The average molecular weight is 214 g/mol. The molecule has 0 radical (unpaired) electrons. The molecule has 0 aromatic rings. The Morgan fingerprint density at radius 3 is 2.80 bits per heavy atom. The first-order valence-electron chi connectivity index (χ1n) is 5.78. The van der Waals surface area contributed by atoms with Gasteiger partial charge in [0.25, 0.3) is 0 Å². The van der Waals surface area contributed by atoms with E-state index in [2.05, 4.69) is 24.5 Å². The third kappa shape index (κ3) is 4.18. The quantitative estimate of drug-likeness (QED) is 0.615. The van der Waals surface area contributed by atoms with Gasteiger partial charge in [0.1, 0.15) is 0 Å². The zero-order valence-corrected chi connectivity index (χ0v) is 9.62. The molecule has 3 N–H and O–H groups in total. The van der Waals surface area contributed by atoms with Crippen molar-refractivity contribution in [2.45, 2.75) is 45.2 Å². The second-order valence-electron chi connectivity index (χ2n) is 4.67. The lowest BCUT2D eigenvalue weighted by Gasteiger charge is -2.20. The Hall–Kier alpha value is -0.610. The van der Waals surface area contributed by atoms with E-state index in [1.165, 1.54) is 0 Å². The van der Waals surface area contributed by atoms with Gasteiger partial charge in [0.2, 0.25) is 5.91 Å². The Morgan fingerprint density at radius 2 is 2.33 bits per heavy atom. The fourth-order valence-electron chi connectivity index (χ4n) is 1.96. The van der Waals surface area contributed by atoms with E-state index in [1.54, 1.807) is 0 Å². The summed E-state index contributed by atoms with van der Waals surface area (Å²) in [5.41, 5.74) is 0. The highest BCUT2D eigenvalue weighted by molar-refractivity contribution is 5.82. The van der Waals surface area contributed by atoms with Crippen molar-refractivity contribution >= 4 is 5.91 Å². The molecule has 2 atom stereocenters. The summed E-state index contributed by atoms with van der Waals surface area (Å²) in [5, 5.41) is 15.2. The van der Waals surface area contributed by atoms with Crippen LogP contribution in [0, 0.1) is 5.92 Å². The molecule has 4 heteroatoms. The highest BCUT2D eigenvalue weighted by Crippen LogP contribution is 2.08. The predicted molar refractivity (Wildman–Crippen MR) is 59.5 cm³/mol. The zero-order valence-electron chi connectivity index (χ0n) is 9.62. The Labute approximate surface area is 91.4 Å². The summed E-state index contributed by atoms with van der Waals surface area (Å²) in [6.07, 6.45) is 2.80. The maximum Gasteiger partial charge on any atom is 0.237 e. The van der Waals surface area contributed by atoms with E-state index in [4.69, 9.17) is 5.11 Å². The number of carbonyl (C=O) groups excluding carboxylic acids is 1. The first kappa shape index (κ1) is 12.5. The molecule has 0 aromatic carbocycles. The van der Waals surface area contributed by atoms with Crippen LogP contribution in [0.4, 0.5) is 0 Å². The Kier molecular flexibility index (Phi) is 5.05. The SMILES string of the molecule is CC(C)C[C@H](CO)NC(=O)C1CCCN1. The number of aliphatic hydroxyl groups excluding tert-OH is 1. The molecule has 0 aromatic heterocycles. The minimum absolute atomic E-state index is 0.0244. The highest BCUT2D eigenvalue weighted by atomic mass is 16.3. The van der Waals surface area contributed by atoms with Crippen LogP contribution < -0.4 is 10.6 Å². The number of amides is 1. The number of nitrogens with one attached hydrogen (secondary N) is 2. The van der Waals surface area contributed by atoms with Gasteiger partial charge in [-0.2, -0.15) is 0 Å². The monoisotopic (exact) mass is 214 g/mol. The number of rotatable bonds is 5. The van der Waals surface area contributed by atoms with Gasteiger partial charge in [-0.15, -0.1) is 0 Å². The summed E-state index contributed by atoms with van der Waals surface area (Å²) in [4.78, 5) is 11.7. The number of carbonyl (C=O) groups is 1. The maximum absolute atomic E-state index is 11.7. The number of hydrogen-bond acceptors (Lipinski definition) is 3. The van der Waals surface area contributed by atoms with E-state index in [-0.39, 0.29) is 24.6 Å². The topological polar surface area (TPSA) is 61.4 Å². The standard InChI is InChI=1S/C11H22N2O2/c1-8(2)6-9(7-14)13-11(15)10-4-3-5-12-10/h8-10,12,14H,3-7H2,1-2H3,(H,13,15)/t9-,10?/m1/s1. The minimum Gasteiger partial charge on any atom is -0.394 e. The Balaban J connectivity index is 2.33. The van der Waals surface area contributed by atoms with Crippen molar-refractivity contribution in [3.05, 3.63) is 0 Å². The lowest BCUT2D eigenvalue weighted by Crippen LogP contribution is -2.46. The van der Waals surface area contributed by atoms with Gasteiger partial charge in [-0.1, -0.05) is 13.8 Å². The minimum atomic E-state index is -0.0973. The summed E-state index contributed by atoms with van der Waals surface area (Å²) < 4.78 is 0. The molecule has 0 saturated carbocycles. The molecule has 0 spiro atoms. The van der Waals surface area contributed by atoms with Crippen LogP contribution in [0.3, 0.4) is 0 Å². The van der Waals surface area contributed by atoms with Gasteiger partial charge in [-0.25, -0.2) is 0 Å². The molecule has 1 aliphatic rings. The third-order valence-corrected chi connectivity index (χ3v) is 2.70. The normalized spacial score (nSPS) is 23.1. The molecular weight excluding hydrogens is 192 g/mol. The molecule has 1 saturated heterocycles. The van der Waals surface area contributed by atoms with E-state index in [9.17, 15) is 4.79 Å². The van der Waals surface area contributed by atoms with Crippen molar-refractivity contribution in [2.75, 3.05) is 13.2 Å². The van der Waals surface area contributed by atoms with Crippen LogP contribution in [0.25, 0.3) is 0 Å². The largest absolute Gasteiger partial charge is 0.394 e. The van der Waals surface area contributed by atoms with E-state index in [0.717, 1.165) is 25.8 Å². The fraction of sp³-hybridized carbons (Fsp3) is 0.909. The molecule has 4 nitrogen and oxygen atoms in total. The Bertz CT molecular complexity index is 201. The predicted octanol–water partition coefficient (Wildman–Crippen LogP) is 0.262. The lowest BCUT2D eigenvalue weighted by atomic mass is 10.0. The van der Waals surface area contributed by atoms with E-state index in [0.29, 0.717) is 5.92 Å². The van der Waals surface area contributed by atoms with E-state index < -0.39 is 0 Å². The first-order chi connectivity index (χ1) is 7.13. The van der Waals surface area contributed by atoms with Gasteiger partial charge in [-0.05, 0) is 31.7 Å². The summed E-state index contributed by atoms with van der Waals surface area (Å²) in [5.74, 6) is 0.520. The number of aliphatic hydroxyl groups is 1. The molecule has 1 aliphatic heterocycles. The molecule has 1 rings (SSSR count). The van der Waals surface area contributed by atoms with Crippen molar-refractivity contribution in [3.8, 4) is 0 Å². The van der Waals surface area contributed by atoms with Crippen molar-refractivity contribution in [2.24, 2.45) is 5.92 Å². The fourth-order valence-corrected chi connectivity index (χ4v) is 1.96. The molecule has 15 heavy (non-hydrogen) atoms. The third-order valence-electron chi connectivity index (χ3n) is 2.70. The molecule has 1 unspecified atom stereocenters. The summed E-state index contributed by atoms with van der Waals surface area (Å²) in [7, 11) is 0. The van der Waals surface area contributed by atoms with Crippen LogP contribution in [0.1, 0.15) is 33.1 Å². The second kappa shape index (κ2) is 6.08. The van der Waals surface area contributed by atoms with E-state index in [1.807, 2.05) is 0 Å². The van der Waals surface area contributed by atoms with Crippen LogP contribution in [0.15, 0.2) is 0 Å². The highest BCUT2D eigenvalue weighted by Gasteiger charge is 2.24. The van der Waals surface area contributed by atoms with Gasteiger partial charge >= 0.3 is 0 Å². The zero-order chi connectivity index (χ0) is 11.3. The summed E-state index contributed by atoms with van der Waals surface area (Å²) >= 11 is 0.